The van der Waals surface area contributed by atoms with Crippen LogP contribution in [0.25, 0.3) is 6.08 Å². The lowest BCUT2D eigenvalue weighted by atomic mass is 10.1. The van der Waals surface area contributed by atoms with Gasteiger partial charge in [-0.1, -0.05) is 42.5 Å². The number of amides is 1. The zero-order valence-electron chi connectivity index (χ0n) is 21.9. The minimum atomic E-state index is -0.611. The average Bonchev–Trinajstić information content (AvgIpc) is 3.65. The van der Waals surface area contributed by atoms with Crippen LogP contribution in [0.5, 0.6) is 11.5 Å². The number of rotatable bonds is 10. The molecule has 0 bridgehead atoms. The molecule has 1 aliphatic rings. The normalized spacial score (nSPS) is 13.4. The van der Waals surface area contributed by atoms with Crippen molar-refractivity contribution in [2.75, 3.05) is 19.0 Å². The van der Waals surface area contributed by atoms with Crippen molar-refractivity contribution in [1.29, 1.82) is 0 Å². The topological polar surface area (TPSA) is 113 Å². The van der Waals surface area contributed by atoms with Gasteiger partial charge in [-0.25, -0.2) is 14.6 Å². The van der Waals surface area contributed by atoms with E-state index in [1.54, 1.807) is 66.1 Å². The van der Waals surface area contributed by atoms with Crippen molar-refractivity contribution in [3.8, 4) is 11.5 Å². The highest BCUT2D eigenvalue weighted by molar-refractivity contribution is 7.12. The molecule has 1 amide bonds. The summed E-state index contributed by atoms with van der Waals surface area (Å²) in [5.41, 5.74) is 2.81. The number of thiophene rings is 1. The summed E-state index contributed by atoms with van der Waals surface area (Å²) in [7, 11) is 1.46. The molecule has 9 nitrogen and oxygen atoms in total. The summed E-state index contributed by atoms with van der Waals surface area (Å²) in [5, 5.41) is 4.55. The van der Waals surface area contributed by atoms with Crippen LogP contribution in [0.15, 0.2) is 101 Å². The molecule has 0 fully saturated rings. The number of hydrogen-bond donors (Lipinski definition) is 1. The summed E-state index contributed by atoms with van der Waals surface area (Å²) >= 11 is 1.28. The molecule has 0 saturated carbocycles. The second-order valence-corrected chi connectivity index (χ2v) is 9.66. The van der Waals surface area contributed by atoms with Gasteiger partial charge in [0.1, 0.15) is 11.5 Å². The van der Waals surface area contributed by atoms with Gasteiger partial charge >= 0.3 is 11.9 Å². The van der Waals surface area contributed by atoms with Gasteiger partial charge in [0, 0.05) is 11.3 Å². The van der Waals surface area contributed by atoms with Crippen molar-refractivity contribution in [3.05, 3.63) is 118 Å². The van der Waals surface area contributed by atoms with E-state index in [1.807, 2.05) is 30.3 Å². The van der Waals surface area contributed by atoms with Gasteiger partial charge in [0.05, 0.1) is 13.7 Å². The zero-order valence-corrected chi connectivity index (χ0v) is 22.7. The van der Waals surface area contributed by atoms with Crippen LogP contribution >= 0.6 is 11.3 Å². The first-order valence-corrected chi connectivity index (χ1v) is 13.3. The Bertz CT molecular complexity index is 1610. The number of esters is 2. The molecule has 41 heavy (non-hydrogen) atoms. The van der Waals surface area contributed by atoms with Gasteiger partial charge in [0.2, 0.25) is 11.8 Å². The number of anilines is 1. The first-order chi connectivity index (χ1) is 20.0. The SMILES string of the molecule is COc1cc(/C=C2/N=C(c3ccc(NC(=O)COCc4ccccc4)cc3)OC2=O)ccc1OC(=O)c1cccs1. The lowest BCUT2D eigenvalue weighted by molar-refractivity contribution is -0.130. The van der Waals surface area contributed by atoms with Crippen molar-refractivity contribution in [1.82, 2.24) is 0 Å². The lowest BCUT2D eigenvalue weighted by Gasteiger charge is -2.09. The third-order valence-electron chi connectivity index (χ3n) is 5.80. The maximum absolute atomic E-state index is 12.5. The van der Waals surface area contributed by atoms with Crippen LogP contribution in [0.1, 0.15) is 26.4 Å². The predicted molar refractivity (Wildman–Crippen MR) is 154 cm³/mol. The van der Waals surface area contributed by atoms with Gasteiger partial charge in [0.15, 0.2) is 17.2 Å². The molecule has 0 unspecified atom stereocenters. The Labute approximate surface area is 239 Å². The molecule has 4 aromatic rings. The number of hydrogen-bond acceptors (Lipinski definition) is 9. The molecule has 3 aromatic carbocycles. The Morgan fingerprint density at radius 1 is 0.976 bits per heavy atom. The van der Waals surface area contributed by atoms with Gasteiger partial charge < -0.3 is 24.3 Å². The summed E-state index contributed by atoms with van der Waals surface area (Å²) in [6.45, 7) is 0.256. The van der Waals surface area contributed by atoms with Crippen LogP contribution in [-0.2, 0) is 25.7 Å². The van der Waals surface area contributed by atoms with Crippen LogP contribution in [-0.4, -0.2) is 37.5 Å². The van der Waals surface area contributed by atoms with E-state index in [-0.39, 0.29) is 29.9 Å². The minimum absolute atomic E-state index is 0.0854. The van der Waals surface area contributed by atoms with Crippen molar-refractivity contribution in [3.63, 3.8) is 0 Å². The second kappa shape index (κ2) is 12.9. The van der Waals surface area contributed by atoms with E-state index in [0.717, 1.165) is 5.56 Å². The van der Waals surface area contributed by atoms with E-state index in [2.05, 4.69) is 10.3 Å². The summed E-state index contributed by atoms with van der Waals surface area (Å²) in [4.78, 5) is 41.8. The van der Waals surface area contributed by atoms with E-state index >= 15 is 0 Å². The Kier molecular flexibility index (Phi) is 8.63. The molecule has 206 valence electrons. The van der Waals surface area contributed by atoms with Gasteiger partial charge in [-0.2, -0.15) is 0 Å². The van der Waals surface area contributed by atoms with E-state index in [0.29, 0.717) is 34.0 Å². The molecule has 0 atom stereocenters. The molecule has 1 aromatic heterocycles. The van der Waals surface area contributed by atoms with Crippen molar-refractivity contribution in [2.45, 2.75) is 6.61 Å². The van der Waals surface area contributed by atoms with E-state index in [1.165, 1.54) is 18.4 Å². The fourth-order valence-corrected chi connectivity index (χ4v) is 4.42. The molecular weight excluding hydrogens is 544 g/mol. The first kappa shape index (κ1) is 27.5. The number of aliphatic imine (C=N–C) groups is 1. The third kappa shape index (κ3) is 7.13. The Hall–Kier alpha value is -5.06. The fraction of sp³-hybridized carbons (Fsp3) is 0.0968. The fourth-order valence-electron chi connectivity index (χ4n) is 3.82. The summed E-state index contributed by atoms with van der Waals surface area (Å²) in [6.07, 6.45) is 1.55. The molecule has 10 heteroatoms. The van der Waals surface area contributed by atoms with Gasteiger partial charge in [0.25, 0.3) is 0 Å². The standard InChI is InChI=1S/C31H24N2O7S/c1-37-26-17-21(9-14-25(26)39-31(36)27-8-5-15-41-27)16-24-30(35)40-29(33-24)22-10-12-23(13-11-22)32-28(34)19-38-18-20-6-3-2-4-7-20/h2-17H,18-19H2,1H3,(H,32,34)/b24-16+. The maximum atomic E-state index is 12.5. The molecule has 0 spiro atoms. The zero-order chi connectivity index (χ0) is 28.6. The predicted octanol–water partition coefficient (Wildman–Crippen LogP) is 5.48. The summed E-state index contributed by atoms with van der Waals surface area (Å²) in [5.74, 6) is -0.672. The third-order valence-corrected chi connectivity index (χ3v) is 6.65. The van der Waals surface area contributed by atoms with Gasteiger partial charge in [-0.15, -0.1) is 11.3 Å². The number of nitrogens with one attached hydrogen (secondary N) is 1. The van der Waals surface area contributed by atoms with Crippen LogP contribution in [0.2, 0.25) is 0 Å². The average molecular weight is 569 g/mol. The highest BCUT2D eigenvalue weighted by Gasteiger charge is 2.24. The molecule has 0 saturated heterocycles. The Morgan fingerprint density at radius 3 is 2.51 bits per heavy atom. The number of cyclic esters (lactones) is 1. The molecule has 0 radical (unpaired) electrons. The van der Waals surface area contributed by atoms with Crippen LogP contribution in [0.3, 0.4) is 0 Å². The number of carbonyl (C=O) groups excluding carboxylic acids is 3. The number of methoxy groups -OCH3 is 1. The highest BCUT2D eigenvalue weighted by Crippen LogP contribution is 2.31. The van der Waals surface area contributed by atoms with Crippen molar-refractivity contribution in [2.24, 2.45) is 4.99 Å². The maximum Gasteiger partial charge on any atom is 0.363 e. The Morgan fingerprint density at radius 2 is 1.78 bits per heavy atom. The van der Waals surface area contributed by atoms with Gasteiger partial charge in [-0.3, -0.25) is 4.79 Å². The summed E-state index contributed by atoms with van der Waals surface area (Å²) < 4.78 is 21.6. The van der Waals surface area contributed by atoms with Crippen LogP contribution in [0, 0.1) is 0 Å². The Balaban J connectivity index is 1.20. The number of ether oxygens (including phenoxy) is 4. The number of nitrogens with zero attached hydrogens (tertiary/aromatic N) is 1. The molecule has 2 heterocycles. The quantitative estimate of drug-likeness (QED) is 0.153. The van der Waals surface area contributed by atoms with Crippen LogP contribution in [0.4, 0.5) is 5.69 Å². The smallest absolute Gasteiger partial charge is 0.363 e. The van der Waals surface area contributed by atoms with E-state index in [9.17, 15) is 14.4 Å². The van der Waals surface area contributed by atoms with Gasteiger partial charge in [-0.05, 0) is 65.0 Å². The number of carbonyl (C=O) groups is 3. The number of benzene rings is 3. The lowest BCUT2D eigenvalue weighted by Crippen LogP contribution is -2.18. The van der Waals surface area contributed by atoms with Crippen molar-refractivity contribution >= 4 is 46.8 Å². The molecular formula is C31H24N2O7S. The highest BCUT2D eigenvalue weighted by atomic mass is 32.1. The largest absolute Gasteiger partial charge is 0.493 e. The monoisotopic (exact) mass is 568 g/mol. The molecule has 5 rings (SSSR count). The van der Waals surface area contributed by atoms with E-state index < -0.39 is 11.9 Å². The molecule has 0 aliphatic carbocycles. The minimum Gasteiger partial charge on any atom is -0.493 e. The summed E-state index contributed by atoms with van der Waals surface area (Å²) in [6, 6.07) is 24.7. The van der Waals surface area contributed by atoms with E-state index in [4.69, 9.17) is 18.9 Å². The van der Waals surface area contributed by atoms with Crippen molar-refractivity contribution < 1.29 is 33.3 Å². The molecule has 1 aliphatic heterocycles. The van der Waals surface area contributed by atoms with Crippen LogP contribution < -0.4 is 14.8 Å². The second-order valence-electron chi connectivity index (χ2n) is 8.72. The molecule has 1 N–H and O–H groups in total. The first-order valence-electron chi connectivity index (χ1n) is 12.5.